The quantitative estimate of drug-likeness (QED) is 0.760. The van der Waals surface area contributed by atoms with E-state index in [1.807, 2.05) is 13.8 Å². The molecule has 0 radical (unpaired) electrons. The van der Waals surface area contributed by atoms with Crippen LogP contribution in [0.25, 0.3) is 0 Å². The fraction of sp³-hybridized carbons (Fsp3) is 0.235. The molecule has 0 aromatic heterocycles. The van der Waals surface area contributed by atoms with E-state index in [0.717, 1.165) is 10.9 Å². The van der Waals surface area contributed by atoms with Gasteiger partial charge in [-0.3, -0.25) is 9.52 Å². The number of nitrogens with one attached hydrogen (secondary N) is 2. The van der Waals surface area contributed by atoms with Gasteiger partial charge in [-0.2, -0.15) is 0 Å². The second-order valence-electron chi connectivity index (χ2n) is 5.42. The number of amides is 1. The summed E-state index contributed by atoms with van der Waals surface area (Å²) in [6, 6.07) is 12.8. The summed E-state index contributed by atoms with van der Waals surface area (Å²) in [5.74, 6) is -0.228. The molecule has 24 heavy (non-hydrogen) atoms. The summed E-state index contributed by atoms with van der Waals surface area (Å²) < 4.78 is 28.1. The van der Waals surface area contributed by atoms with Crippen LogP contribution in [0.1, 0.15) is 30.6 Å². The standard InChI is InChI=1S/C17H19BrN2O3S/c1-3-12(2)19-17(21)13-5-4-6-15(11-13)20-24(22,23)16-9-7-14(18)8-10-16/h4-12,20H,3H2,1-2H3,(H,19,21). The Kier molecular flexibility index (Phi) is 6.01. The van der Waals surface area contributed by atoms with Gasteiger partial charge in [0.25, 0.3) is 15.9 Å². The van der Waals surface area contributed by atoms with Gasteiger partial charge in [0.2, 0.25) is 0 Å². The molecule has 0 saturated carbocycles. The van der Waals surface area contributed by atoms with Crippen LogP contribution >= 0.6 is 15.9 Å². The lowest BCUT2D eigenvalue weighted by Crippen LogP contribution is -2.31. The van der Waals surface area contributed by atoms with Gasteiger partial charge in [0.05, 0.1) is 4.90 Å². The number of hydrogen-bond donors (Lipinski definition) is 2. The number of carbonyl (C=O) groups excluding carboxylic acids is 1. The first-order valence-electron chi connectivity index (χ1n) is 7.51. The van der Waals surface area contributed by atoms with Crippen molar-refractivity contribution >= 4 is 37.5 Å². The van der Waals surface area contributed by atoms with Gasteiger partial charge in [-0.15, -0.1) is 0 Å². The number of benzene rings is 2. The zero-order valence-corrected chi connectivity index (χ0v) is 15.8. The van der Waals surface area contributed by atoms with Gasteiger partial charge in [-0.05, 0) is 55.8 Å². The molecule has 0 aliphatic heterocycles. The Morgan fingerprint density at radius 3 is 2.46 bits per heavy atom. The van der Waals surface area contributed by atoms with Crippen LogP contribution in [-0.4, -0.2) is 20.4 Å². The van der Waals surface area contributed by atoms with Crippen LogP contribution in [0.2, 0.25) is 0 Å². The monoisotopic (exact) mass is 410 g/mol. The Bertz CT molecular complexity index is 820. The average Bonchev–Trinajstić information content (AvgIpc) is 2.55. The van der Waals surface area contributed by atoms with E-state index in [1.54, 1.807) is 30.3 Å². The molecule has 2 N–H and O–H groups in total. The first-order chi connectivity index (χ1) is 11.3. The topological polar surface area (TPSA) is 75.3 Å². The first kappa shape index (κ1) is 18.5. The van der Waals surface area contributed by atoms with Crippen molar-refractivity contribution in [3.8, 4) is 0 Å². The lowest BCUT2D eigenvalue weighted by atomic mass is 10.1. The smallest absolute Gasteiger partial charge is 0.261 e. The highest BCUT2D eigenvalue weighted by Crippen LogP contribution is 2.19. The van der Waals surface area contributed by atoms with E-state index in [9.17, 15) is 13.2 Å². The molecule has 0 spiro atoms. The lowest BCUT2D eigenvalue weighted by Gasteiger charge is -2.13. The number of halogens is 1. The molecule has 1 amide bonds. The number of rotatable bonds is 6. The Hall–Kier alpha value is -1.86. The van der Waals surface area contributed by atoms with Crippen LogP contribution < -0.4 is 10.0 Å². The van der Waals surface area contributed by atoms with Gasteiger partial charge in [0.15, 0.2) is 0 Å². The summed E-state index contributed by atoms with van der Waals surface area (Å²) in [6.45, 7) is 3.89. The van der Waals surface area contributed by atoms with Crippen molar-refractivity contribution in [3.05, 3.63) is 58.6 Å². The van der Waals surface area contributed by atoms with Crippen molar-refractivity contribution in [2.45, 2.75) is 31.2 Å². The van der Waals surface area contributed by atoms with Crippen molar-refractivity contribution in [1.29, 1.82) is 0 Å². The fourth-order valence-corrected chi connectivity index (χ4v) is 3.27. The van der Waals surface area contributed by atoms with Gasteiger partial charge < -0.3 is 5.32 Å². The van der Waals surface area contributed by atoms with E-state index in [1.165, 1.54) is 18.2 Å². The van der Waals surface area contributed by atoms with E-state index in [4.69, 9.17) is 0 Å². The zero-order chi connectivity index (χ0) is 17.7. The molecule has 0 heterocycles. The number of hydrogen-bond acceptors (Lipinski definition) is 3. The van der Waals surface area contributed by atoms with Crippen molar-refractivity contribution in [2.75, 3.05) is 4.72 Å². The largest absolute Gasteiger partial charge is 0.350 e. The van der Waals surface area contributed by atoms with Crippen LogP contribution in [0.3, 0.4) is 0 Å². The highest BCUT2D eigenvalue weighted by Gasteiger charge is 2.15. The molecular formula is C17H19BrN2O3S. The number of sulfonamides is 1. The molecule has 2 aromatic carbocycles. The highest BCUT2D eigenvalue weighted by molar-refractivity contribution is 9.10. The summed E-state index contributed by atoms with van der Waals surface area (Å²) in [5, 5.41) is 2.85. The minimum absolute atomic E-state index is 0.0561. The van der Waals surface area contributed by atoms with Crippen LogP contribution in [0.5, 0.6) is 0 Å². The minimum atomic E-state index is -3.70. The normalized spacial score (nSPS) is 12.5. The van der Waals surface area contributed by atoms with E-state index in [-0.39, 0.29) is 16.8 Å². The molecule has 128 valence electrons. The summed E-state index contributed by atoms with van der Waals surface area (Å²) in [6.07, 6.45) is 0.821. The molecule has 7 heteroatoms. The van der Waals surface area contributed by atoms with E-state index in [0.29, 0.717) is 11.3 Å². The maximum absolute atomic E-state index is 12.4. The SMILES string of the molecule is CCC(C)NC(=O)c1cccc(NS(=O)(=O)c2ccc(Br)cc2)c1. The third kappa shape index (κ3) is 4.82. The predicted molar refractivity (Wildman–Crippen MR) is 98.6 cm³/mol. The highest BCUT2D eigenvalue weighted by atomic mass is 79.9. The molecule has 0 aliphatic carbocycles. The van der Waals surface area contributed by atoms with Crippen molar-refractivity contribution in [3.63, 3.8) is 0 Å². The second kappa shape index (κ2) is 7.81. The fourth-order valence-electron chi connectivity index (χ4n) is 1.96. The minimum Gasteiger partial charge on any atom is -0.350 e. The van der Waals surface area contributed by atoms with Crippen molar-refractivity contribution in [2.24, 2.45) is 0 Å². The van der Waals surface area contributed by atoms with Crippen LogP contribution in [0.15, 0.2) is 57.9 Å². The summed E-state index contributed by atoms with van der Waals surface area (Å²) in [7, 11) is -3.70. The van der Waals surface area contributed by atoms with E-state index < -0.39 is 10.0 Å². The van der Waals surface area contributed by atoms with Gasteiger partial charge in [0.1, 0.15) is 0 Å². The summed E-state index contributed by atoms with van der Waals surface area (Å²) >= 11 is 3.27. The van der Waals surface area contributed by atoms with Gasteiger partial charge >= 0.3 is 0 Å². The van der Waals surface area contributed by atoms with Crippen LogP contribution in [0.4, 0.5) is 5.69 Å². The molecule has 0 saturated heterocycles. The van der Waals surface area contributed by atoms with E-state index in [2.05, 4.69) is 26.0 Å². The van der Waals surface area contributed by atoms with Crippen molar-refractivity contribution < 1.29 is 13.2 Å². The third-order valence-corrected chi connectivity index (χ3v) is 5.42. The maximum Gasteiger partial charge on any atom is 0.261 e. The number of anilines is 1. The molecule has 1 atom stereocenters. The third-order valence-electron chi connectivity index (χ3n) is 3.49. The summed E-state index contributed by atoms with van der Waals surface area (Å²) in [5.41, 5.74) is 0.751. The van der Waals surface area contributed by atoms with Crippen LogP contribution in [0, 0.1) is 0 Å². The van der Waals surface area contributed by atoms with Gasteiger partial charge in [0, 0.05) is 21.8 Å². The maximum atomic E-state index is 12.4. The van der Waals surface area contributed by atoms with Crippen LogP contribution in [-0.2, 0) is 10.0 Å². The molecular weight excluding hydrogens is 392 g/mol. The predicted octanol–water partition coefficient (Wildman–Crippen LogP) is 3.78. The average molecular weight is 411 g/mol. The molecule has 1 unspecified atom stereocenters. The Labute approximate surface area is 150 Å². The molecule has 0 aliphatic rings. The Balaban J connectivity index is 2.19. The van der Waals surface area contributed by atoms with Crippen molar-refractivity contribution in [1.82, 2.24) is 5.32 Å². The molecule has 0 bridgehead atoms. The lowest BCUT2D eigenvalue weighted by molar-refractivity contribution is 0.0939. The Morgan fingerprint density at radius 1 is 1.17 bits per heavy atom. The molecule has 2 rings (SSSR count). The van der Waals surface area contributed by atoms with Gasteiger partial charge in [-0.25, -0.2) is 8.42 Å². The summed E-state index contributed by atoms with van der Waals surface area (Å²) in [4.78, 5) is 12.3. The molecule has 2 aromatic rings. The van der Waals surface area contributed by atoms with Gasteiger partial charge in [-0.1, -0.05) is 28.9 Å². The number of carbonyl (C=O) groups is 1. The molecule has 0 fully saturated rings. The zero-order valence-electron chi connectivity index (χ0n) is 13.4. The second-order valence-corrected chi connectivity index (χ2v) is 8.02. The molecule has 5 nitrogen and oxygen atoms in total. The Morgan fingerprint density at radius 2 is 1.83 bits per heavy atom. The van der Waals surface area contributed by atoms with E-state index >= 15 is 0 Å². The first-order valence-corrected chi connectivity index (χ1v) is 9.78.